The Bertz CT molecular complexity index is 871. The SMILES string of the molecule is Cc1nc(NCCN(C)C)c2c(C)nn(-c3ccccc3Cl)c2n1. The predicted octanol–water partition coefficient (Wildman–Crippen LogP) is 3.06. The molecule has 7 heteroatoms. The van der Waals surface area contributed by atoms with E-state index in [0.717, 1.165) is 41.3 Å². The van der Waals surface area contributed by atoms with E-state index in [1.807, 2.05) is 52.2 Å². The fourth-order valence-electron chi connectivity index (χ4n) is 2.61. The molecule has 0 amide bonds. The molecule has 0 aliphatic carbocycles. The fraction of sp³-hybridized carbons (Fsp3) is 0.353. The maximum atomic E-state index is 6.34. The van der Waals surface area contributed by atoms with E-state index in [-0.39, 0.29) is 0 Å². The molecule has 1 aromatic carbocycles. The number of halogens is 1. The molecule has 0 unspecified atom stereocenters. The molecule has 0 aliphatic rings. The van der Waals surface area contributed by atoms with Gasteiger partial charge in [0, 0.05) is 13.1 Å². The number of benzene rings is 1. The summed E-state index contributed by atoms with van der Waals surface area (Å²) in [6.45, 7) is 5.57. The number of nitrogens with one attached hydrogen (secondary N) is 1. The van der Waals surface area contributed by atoms with E-state index in [9.17, 15) is 0 Å². The molecular weight excluding hydrogens is 324 g/mol. The van der Waals surface area contributed by atoms with Gasteiger partial charge >= 0.3 is 0 Å². The molecule has 0 atom stereocenters. The zero-order valence-corrected chi connectivity index (χ0v) is 15.1. The van der Waals surface area contributed by atoms with Crippen molar-refractivity contribution < 1.29 is 0 Å². The van der Waals surface area contributed by atoms with Crippen LogP contribution in [0.25, 0.3) is 16.7 Å². The van der Waals surface area contributed by atoms with Gasteiger partial charge in [-0.05, 0) is 40.1 Å². The summed E-state index contributed by atoms with van der Waals surface area (Å²) in [6, 6.07) is 7.63. The summed E-state index contributed by atoms with van der Waals surface area (Å²) in [4.78, 5) is 11.3. The van der Waals surface area contributed by atoms with Gasteiger partial charge in [0.15, 0.2) is 5.65 Å². The van der Waals surface area contributed by atoms with Crippen molar-refractivity contribution in [1.82, 2.24) is 24.6 Å². The van der Waals surface area contributed by atoms with Crippen molar-refractivity contribution in [2.75, 3.05) is 32.5 Å². The highest BCUT2D eigenvalue weighted by molar-refractivity contribution is 6.32. The molecule has 2 heterocycles. The van der Waals surface area contributed by atoms with Crippen molar-refractivity contribution in [2.45, 2.75) is 13.8 Å². The number of likely N-dealkylation sites (N-methyl/N-ethyl adjacent to an activating group) is 1. The van der Waals surface area contributed by atoms with E-state index >= 15 is 0 Å². The first-order valence-electron chi connectivity index (χ1n) is 7.85. The number of fused-ring (bicyclic) bond motifs is 1. The van der Waals surface area contributed by atoms with Gasteiger partial charge in [0.2, 0.25) is 0 Å². The number of rotatable bonds is 5. The first kappa shape index (κ1) is 16.7. The number of anilines is 1. The van der Waals surface area contributed by atoms with Crippen molar-refractivity contribution in [1.29, 1.82) is 0 Å². The predicted molar refractivity (Wildman–Crippen MR) is 98.2 cm³/mol. The third-order valence-electron chi connectivity index (χ3n) is 3.75. The third-order valence-corrected chi connectivity index (χ3v) is 4.07. The number of para-hydroxylation sites is 1. The van der Waals surface area contributed by atoms with Crippen molar-refractivity contribution in [3.05, 3.63) is 40.8 Å². The lowest BCUT2D eigenvalue weighted by Gasteiger charge is -2.12. The van der Waals surface area contributed by atoms with Crippen molar-refractivity contribution in [3.8, 4) is 5.69 Å². The zero-order chi connectivity index (χ0) is 17.3. The molecule has 0 bridgehead atoms. The Morgan fingerprint density at radius 2 is 1.92 bits per heavy atom. The second-order valence-corrected chi connectivity index (χ2v) is 6.40. The second-order valence-electron chi connectivity index (χ2n) is 6.00. The Kier molecular flexibility index (Phi) is 4.69. The van der Waals surface area contributed by atoms with Crippen LogP contribution in [-0.4, -0.2) is 51.8 Å². The summed E-state index contributed by atoms with van der Waals surface area (Å²) >= 11 is 6.34. The van der Waals surface area contributed by atoms with Crippen LogP contribution in [0.3, 0.4) is 0 Å². The van der Waals surface area contributed by atoms with Crippen LogP contribution in [0.15, 0.2) is 24.3 Å². The van der Waals surface area contributed by atoms with Crippen molar-refractivity contribution in [2.24, 2.45) is 0 Å². The van der Waals surface area contributed by atoms with Gasteiger partial charge < -0.3 is 10.2 Å². The summed E-state index contributed by atoms with van der Waals surface area (Å²) in [5.41, 5.74) is 2.45. The molecule has 126 valence electrons. The van der Waals surface area contributed by atoms with Gasteiger partial charge in [-0.1, -0.05) is 23.7 Å². The number of aromatic nitrogens is 4. The van der Waals surface area contributed by atoms with E-state index < -0.39 is 0 Å². The average Bonchev–Trinajstić information content (AvgIpc) is 2.84. The largest absolute Gasteiger partial charge is 0.368 e. The molecule has 3 aromatic rings. The molecule has 24 heavy (non-hydrogen) atoms. The van der Waals surface area contributed by atoms with Gasteiger partial charge in [-0.2, -0.15) is 5.10 Å². The number of hydrogen-bond acceptors (Lipinski definition) is 5. The van der Waals surface area contributed by atoms with Crippen LogP contribution in [0, 0.1) is 13.8 Å². The molecule has 3 rings (SSSR count). The molecule has 0 fully saturated rings. The second kappa shape index (κ2) is 6.75. The molecule has 0 saturated carbocycles. The van der Waals surface area contributed by atoms with Crippen LogP contribution in [0.5, 0.6) is 0 Å². The van der Waals surface area contributed by atoms with Gasteiger partial charge in [-0.25, -0.2) is 14.6 Å². The quantitative estimate of drug-likeness (QED) is 0.770. The van der Waals surface area contributed by atoms with E-state index in [1.165, 1.54) is 0 Å². The summed E-state index contributed by atoms with van der Waals surface area (Å²) < 4.78 is 1.79. The minimum Gasteiger partial charge on any atom is -0.368 e. The molecule has 0 radical (unpaired) electrons. The molecule has 0 aliphatic heterocycles. The molecule has 6 nitrogen and oxygen atoms in total. The Morgan fingerprint density at radius 3 is 2.62 bits per heavy atom. The smallest absolute Gasteiger partial charge is 0.169 e. The highest BCUT2D eigenvalue weighted by atomic mass is 35.5. The highest BCUT2D eigenvalue weighted by Gasteiger charge is 2.17. The van der Waals surface area contributed by atoms with Crippen molar-refractivity contribution in [3.63, 3.8) is 0 Å². The van der Waals surface area contributed by atoms with Gasteiger partial charge in [-0.15, -0.1) is 0 Å². The van der Waals surface area contributed by atoms with E-state index in [1.54, 1.807) is 4.68 Å². The van der Waals surface area contributed by atoms with Gasteiger partial charge in [0.1, 0.15) is 11.6 Å². The van der Waals surface area contributed by atoms with Gasteiger partial charge in [0.05, 0.1) is 21.8 Å². The molecular formula is C17H21ClN6. The highest BCUT2D eigenvalue weighted by Crippen LogP contribution is 2.28. The molecule has 1 N–H and O–H groups in total. The van der Waals surface area contributed by atoms with E-state index in [0.29, 0.717) is 10.8 Å². The van der Waals surface area contributed by atoms with Gasteiger partial charge in [-0.3, -0.25) is 0 Å². The maximum Gasteiger partial charge on any atom is 0.169 e. The Hall–Kier alpha value is -2.18. The molecule has 0 saturated heterocycles. The van der Waals surface area contributed by atoms with E-state index in [2.05, 4.69) is 25.3 Å². The molecule has 0 spiro atoms. The third kappa shape index (κ3) is 3.20. The first-order chi connectivity index (χ1) is 11.5. The molecule has 2 aromatic heterocycles. The lowest BCUT2D eigenvalue weighted by atomic mass is 10.3. The number of aryl methyl sites for hydroxylation is 2. The van der Waals surface area contributed by atoms with Gasteiger partial charge in [0.25, 0.3) is 0 Å². The lowest BCUT2D eigenvalue weighted by Crippen LogP contribution is -2.21. The zero-order valence-electron chi connectivity index (χ0n) is 14.3. The fourth-order valence-corrected chi connectivity index (χ4v) is 2.82. The van der Waals surface area contributed by atoms with Crippen molar-refractivity contribution >= 4 is 28.5 Å². The normalized spacial score (nSPS) is 11.4. The summed E-state index contributed by atoms with van der Waals surface area (Å²) in [7, 11) is 4.09. The van der Waals surface area contributed by atoms with Crippen LogP contribution >= 0.6 is 11.6 Å². The Labute approximate surface area is 146 Å². The minimum atomic E-state index is 0.639. The van der Waals surface area contributed by atoms with Crippen LogP contribution in [-0.2, 0) is 0 Å². The van der Waals surface area contributed by atoms with Crippen LogP contribution in [0.1, 0.15) is 11.5 Å². The van der Waals surface area contributed by atoms with Crippen LogP contribution < -0.4 is 5.32 Å². The Morgan fingerprint density at radius 1 is 1.17 bits per heavy atom. The summed E-state index contributed by atoms with van der Waals surface area (Å²) in [5, 5.41) is 9.62. The monoisotopic (exact) mass is 344 g/mol. The average molecular weight is 345 g/mol. The van der Waals surface area contributed by atoms with Crippen LogP contribution in [0.4, 0.5) is 5.82 Å². The standard InChI is InChI=1S/C17H21ClN6/c1-11-15-16(19-9-10-23(3)4)20-12(2)21-17(15)24(22-11)14-8-6-5-7-13(14)18/h5-8H,9-10H2,1-4H3,(H,19,20,21). The first-order valence-corrected chi connectivity index (χ1v) is 8.22. The number of nitrogens with zero attached hydrogens (tertiary/aromatic N) is 5. The topological polar surface area (TPSA) is 58.9 Å². The summed E-state index contributed by atoms with van der Waals surface area (Å²) in [5.74, 6) is 1.51. The maximum absolute atomic E-state index is 6.34. The number of hydrogen-bond donors (Lipinski definition) is 1. The lowest BCUT2D eigenvalue weighted by molar-refractivity contribution is 0.425. The Balaban J connectivity index is 2.11. The minimum absolute atomic E-state index is 0.639. The van der Waals surface area contributed by atoms with E-state index in [4.69, 9.17) is 11.6 Å². The van der Waals surface area contributed by atoms with Crippen LogP contribution in [0.2, 0.25) is 5.02 Å². The summed E-state index contributed by atoms with van der Waals surface area (Å²) in [6.07, 6.45) is 0.